The summed E-state index contributed by atoms with van der Waals surface area (Å²) in [4.78, 5) is 0.862. The molecular formula is C13H14N4S. The SMILES string of the molecule is CCc1nnc2sc(-c3cc(C)cc(C)c3)nn12. The molecule has 18 heavy (non-hydrogen) atoms. The zero-order valence-corrected chi connectivity index (χ0v) is 11.5. The van der Waals surface area contributed by atoms with Gasteiger partial charge in [-0.05, 0) is 26.0 Å². The van der Waals surface area contributed by atoms with Gasteiger partial charge in [-0.3, -0.25) is 0 Å². The first-order valence-electron chi connectivity index (χ1n) is 5.97. The van der Waals surface area contributed by atoms with Crippen molar-refractivity contribution < 1.29 is 0 Å². The van der Waals surface area contributed by atoms with Gasteiger partial charge in [0.2, 0.25) is 4.96 Å². The van der Waals surface area contributed by atoms with E-state index in [0.29, 0.717) is 0 Å². The molecule has 0 aliphatic carbocycles. The number of hydrogen-bond acceptors (Lipinski definition) is 4. The van der Waals surface area contributed by atoms with Crippen LogP contribution in [0.25, 0.3) is 15.5 Å². The van der Waals surface area contributed by atoms with E-state index in [9.17, 15) is 0 Å². The minimum atomic E-state index is 0.844. The molecule has 2 heterocycles. The van der Waals surface area contributed by atoms with Crippen molar-refractivity contribution in [3.05, 3.63) is 35.2 Å². The molecule has 4 nitrogen and oxygen atoms in total. The number of benzene rings is 1. The lowest BCUT2D eigenvalue weighted by atomic mass is 10.1. The minimum absolute atomic E-state index is 0.844. The first-order valence-corrected chi connectivity index (χ1v) is 6.79. The first kappa shape index (κ1) is 11.3. The molecule has 0 spiro atoms. The van der Waals surface area contributed by atoms with Gasteiger partial charge in [0.05, 0.1) is 0 Å². The van der Waals surface area contributed by atoms with E-state index in [0.717, 1.165) is 27.8 Å². The van der Waals surface area contributed by atoms with Gasteiger partial charge < -0.3 is 0 Å². The van der Waals surface area contributed by atoms with Crippen molar-refractivity contribution >= 4 is 16.3 Å². The lowest BCUT2D eigenvalue weighted by Gasteiger charge is -2.00. The van der Waals surface area contributed by atoms with Crippen LogP contribution in [0.1, 0.15) is 23.9 Å². The molecule has 0 unspecified atom stereocenters. The maximum atomic E-state index is 4.61. The molecule has 0 fully saturated rings. The fourth-order valence-electron chi connectivity index (χ4n) is 2.09. The van der Waals surface area contributed by atoms with Gasteiger partial charge in [-0.15, -0.1) is 10.2 Å². The van der Waals surface area contributed by atoms with Crippen LogP contribution in [0.4, 0.5) is 0 Å². The second-order valence-corrected chi connectivity index (χ2v) is 5.40. The molecule has 0 amide bonds. The van der Waals surface area contributed by atoms with Gasteiger partial charge in [-0.25, -0.2) is 0 Å². The molecule has 3 aromatic rings. The number of rotatable bonds is 2. The third-order valence-corrected chi connectivity index (χ3v) is 3.79. The van der Waals surface area contributed by atoms with Crippen LogP contribution in [0, 0.1) is 13.8 Å². The van der Waals surface area contributed by atoms with E-state index in [1.807, 2.05) is 4.52 Å². The van der Waals surface area contributed by atoms with E-state index in [1.54, 1.807) is 11.3 Å². The predicted octanol–water partition coefficient (Wildman–Crippen LogP) is 3.03. The summed E-state index contributed by atoms with van der Waals surface area (Å²) in [5.74, 6) is 0.914. The maximum Gasteiger partial charge on any atom is 0.234 e. The van der Waals surface area contributed by atoms with Gasteiger partial charge in [-0.2, -0.15) is 9.61 Å². The Hall–Kier alpha value is -1.75. The Balaban J connectivity index is 2.16. The standard InChI is InChI=1S/C13H14N4S/c1-4-11-14-15-13-17(11)16-12(18-13)10-6-8(2)5-9(3)7-10/h5-7H,4H2,1-3H3. The second kappa shape index (κ2) is 4.17. The molecule has 0 atom stereocenters. The van der Waals surface area contributed by atoms with E-state index in [4.69, 9.17) is 0 Å². The summed E-state index contributed by atoms with van der Waals surface area (Å²) < 4.78 is 1.84. The van der Waals surface area contributed by atoms with Crippen molar-refractivity contribution in [3.8, 4) is 10.6 Å². The topological polar surface area (TPSA) is 43.1 Å². The lowest BCUT2D eigenvalue weighted by molar-refractivity contribution is 0.838. The Labute approximate surface area is 109 Å². The molecular weight excluding hydrogens is 244 g/mol. The lowest BCUT2D eigenvalue weighted by Crippen LogP contribution is -1.93. The van der Waals surface area contributed by atoms with Crippen LogP contribution < -0.4 is 0 Å². The van der Waals surface area contributed by atoms with Crippen molar-refractivity contribution in [2.24, 2.45) is 0 Å². The summed E-state index contributed by atoms with van der Waals surface area (Å²) in [6.07, 6.45) is 0.844. The van der Waals surface area contributed by atoms with E-state index in [2.05, 4.69) is 54.3 Å². The highest BCUT2D eigenvalue weighted by Crippen LogP contribution is 2.27. The highest BCUT2D eigenvalue weighted by molar-refractivity contribution is 7.19. The fraction of sp³-hybridized carbons (Fsp3) is 0.308. The highest BCUT2D eigenvalue weighted by Gasteiger charge is 2.11. The van der Waals surface area contributed by atoms with E-state index < -0.39 is 0 Å². The van der Waals surface area contributed by atoms with Gasteiger partial charge >= 0.3 is 0 Å². The van der Waals surface area contributed by atoms with Crippen molar-refractivity contribution in [1.82, 2.24) is 19.8 Å². The third kappa shape index (κ3) is 1.80. The van der Waals surface area contributed by atoms with E-state index in [-0.39, 0.29) is 0 Å². The van der Waals surface area contributed by atoms with Gasteiger partial charge in [-0.1, -0.05) is 35.5 Å². The zero-order valence-electron chi connectivity index (χ0n) is 10.6. The van der Waals surface area contributed by atoms with Crippen LogP contribution in [0.5, 0.6) is 0 Å². The number of hydrogen-bond donors (Lipinski definition) is 0. The largest absolute Gasteiger partial charge is 0.234 e. The summed E-state index contributed by atoms with van der Waals surface area (Å²) in [6, 6.07) is 6.48. The van der Waals surface area contributed by atoms with Gasteiger partial charge in [0.25, 0.3) is 0 Å². The summed E-state index contributed by atoms with van der Waals surface area (Å²) in [5.41, 5.74) is 3.67. The number of nitrogens with zero attached hydrogens (tertiary/aromatic N) is 4. The van der Waals surface area contributed by atoms with Gasteiger partial charge in [0.15, 0.2) is 5.82 Å². The summed E-state index contributed by atoms with van der Waals surface area (Å²) in [6.45, 7) is 6.27. The molecule has 3 rings (SSSR count). The molecule has 0 bridgehead atoms. The quantitative estimate of drug-likeness (QED) is 0.709. The van der Waals surface area contributed by atoms with Crippen molar-refractivity contribution in [2.45, 2.75) is 27.2 Å². The molecule has 0 N–H and O–H groups in total. The van der Waals surface area contributed by atoms with Crippen molar-refractivity contribution in [1.29, 1.82) is 0 Å². The number of aromatic nitrogens is 4. The molecule has 1 aromatic carbocycles. The Morgan fingerprint density at radius 2 is 1.83 bits per heavy atom. The van der Waals surface area contributed by atoms with Gasteiger partial charge in [0.1, 0.15) is 5.01 Å². The molecule has 2 aromatic heterocycles. The van der Waals surface area contributed by atoms with E-state index >= 15 is 0 Å². The normalized spacial score (nSPS) is 11.3. The molecule has 0 saturated carbocycles. The molecule has 92 valence electrons. The van der Waals surface area contributed by atoms with E-state index in [1.165, 1.54) is 11.1 Å². The van der Waals surface area contributed by atoms with Crippen LogP contribution in [-0.4, -0.2) is 19.8 Å². The maximum absolute atomic E-state index is 4.61. The van der Waals surface area contributed by atoms with Crippen LogP contribution in [-0.2, 0) is 6.42 Å². The van der Waals surface area contributed by atoms with Crippen molar-refractivity contribution in [3.63, 3.8) is 0 Å². The molecule has 0 aliphatic heterocycles. The number of fused-ring (bicyclic) bond motifs is 1. The molecule has 0 radical (unpaired) electrons. The third-order valence-electron chi connectivity index (χ3n) is 2.84. The number of aryl methyl sites for hydroxylation is 3. The average molecular weight is 258 g/mol. The second-order valence-electron chi connectivity index (χ2n) is 4.45. The van der Waals surface area contributed by atoms with Crippen LogP contribution in [0.2, 0.25) is 0 Å². The van der Waals surface area contributed by atoms with Crippen LogP contribution in [0.15, 0.2) is 18.2 Å². The Morgan fingerprint density at radius 1 is 1.11 bits per heavy atom. The average Bonchev–Trinajstić information content (AvgIpc) is 2.86. The Morgan fingerprint density at radius 3 is 2.50 bits per heavy atom. The predicted molar refractivity (Wildman–Crippen MR) is 72.9 cm³/mol. The van der Waals surface area contributed by atoms with Gasteiger partial charge in [0, 0.05) is 12.0 Å². The summed E-state index contributed by atoms with van der Waals surface area (Å²) in [5, 5.41) is 13.9. The van der Waals surface area contributed by atoms with Crippen molar-refractivity contribution in [2.75, 3.05) is 0 Å². The highest BCUT2D eigenvalue weighted by atomic mass is 32.1. The van der Waals surface area contributed by atoms with Crippen LogP contribution >= 0.6 is 11.3 Å². The Bertz CT molecular complexity index is 691. The fourth-order valence-corrected chi connectivity index (χ4v) is 2.94. The smallest absolute Gasteiger partial charge is 0.187 e. The molecule has 5 heteroatoms. The van der Waals surface area contributed by atoms with Crippen LogP contribution in [0.3, 0.4) is 0 Å². The first-order chi connectivity index (χ1) is 8.67. The Kier molecular flexibility index (Phi) is 2.63. The molecule has 0 aliphatic rings. The molecule has 0 saturated heterocycles. The zero-order chi connectivity index (χ0) is 12.7. The monoisotopic (exact) mass is 258 g/mol. The minimum Gasteiger partial charge on any atom is -0.187 e. The summed E-state index contributed by atoms with van der Waals surface area (Å²) >= 11 is 1.58. The summed E-state index contributed by atoms with van der Waals surface area (Å²) in [7, 11) is 0.